The molecular formula is C59H36N2OS. The van der Waals surface area contributed by atoms with Gasteiger partial charge in [0.15, 0.2) is 5.82 Å². The Bertz CT molecular complexity index is 3560. The molecule has 1 aliphatic heterocycles. The van der Waals surface area contributed by atoms with E-state index < -0.39 is 5.41 Å². The molecule has 13 rings (SSSR count). The molecule has 0 saturated carbocycles. The van der Waals surface area contributed by atoms with Crippen LogP contribution >= 0.6 is 11.8 Å². The average molecular weight is 821 g/mol. The molecule has 0 fully saturated rings. The van der Waals surface area contributed by atoms with Crippen molar-refractivity contribution in [3.8, 4) is 67.3 Å². The van der Waals surface area contributed by atoms with Gasteiger partial charge in [0.2, 0.25) is 0 Å². The Morgan fingerprint density at radius 2 is 0.921 bits per heavy atom. The van der Waals surface area contributed by atoms with Crippen LogP contribution in [0.15, 0.2) is 233 Å². The minimum Gasteiger partial charge on any atom is -0.455 e. The number of furan rings is 1. The molecule has 3 nitrogen and oxygen atoms in total. The van der Waals surface area contributed by atoms with Crippen molar-refractivity contribution in [1.82, 2.24) is 9.97 Å². The molecule has 1 aliphatic carbocycles. The summed E-state index contributed by atoms with van der Waals surface area (Å²) in [5.74, 6) is 0.687. The van der Waals surface area contributed by atoms with Crippen molar-refractivity contribution in [3.63, 3.8) is 0 Å². The van der Waals surface area contributed by atoms with Crippen molar-refractivity contribution in [2.45, 2.75) is 15.2 Å². The molecule has 11 aromatic rings. The summed E-state index contributed by atoms with van der Waals surface area (Å²) in [6.45, 7) is 0. The normalized spacial score (nSPS) is 13.1. The molecule has 4 heteroatoms. The highest BCUT2D eigenvalue weighted by molar-refractivity contribution is 7.99. The monoisotopic (exact) mass is 820 g/mol. The third-order valence-corrected chi connectivity index (χ3v) is 14.2. The van der Waals surface area contributed by atoms with Gasteiger partial charge in [0.1, 0.15) is 11.2 Å². The molecule has 9 aromatic carbocycles. The Labute approximate surface area is 369 Å². The lowest BCUT2D eigenvalue weighted by Crippen LogP contribution is -2.31. The van der Waals surface area contributed by atoms with Gasteiger partial charge in [0, 0.05) is 42.8 Å². The Morgan fingerprint density at radius 3 is 1.71 bits per heavy atom. The lowest BCUT2D eigenvalue weighted by Gasteiger charge is -2.39. The summed E-state index contributed by atoms with van der Waals surface area (Å²) < 4.78 is 6.41. The lowest BCUT2D eigenvalue weighted by molar-refractivity contribution is 0.670. The van der Waals surface area contributed by atoms with E-state index in [0.29, 0.717) is 5.82 Å². The molecule has 0 amide bonds. The molecule has 2 aromatic heterocycles. The first-order valence-corrected chi connectivity index (χ1v) is 22.2. The third-order valence-electron chi connectivity index (χ3n) is 13.0. The highest BCUT2D eigenvalue weighted by atomic mass is 32.2. The van der Waals surface area contributed by atoms with E-state index >= 15 is 0 Å². The van der Waals surface area contributed by atoms with Crippen molar-refractivity contribution in [2.24, 2.45) is 0 Å². The summed E-state index contributed by atoms with van der Waals surface area (Å²) in [7, 11) is 0. The first-order valence-electron chi connectivity index (χ1n) is 21.4. The van der Waals surface area contributed by atoms with E-state index in [1.54, 1.807) is 0 Å². The van der Waals surface area contributed by atoms with E-state index in [1.807, 2.05) is 42.1 Å². The number of hydrogen-bond donors (Lipinski definition) is 0. The summed E-state index contributed by atoms with van der Waals surface area (Å²) in [5.41, 5.74) is 18.5. The van der Waals surface area contributed by atoms with Gasteiger partial charge < -0.3 is 4.42 Å². The molecule has 1 spiro atoms. The number of fused-ring (bicyclic) bond motifs is 12. The molecule has 0 saturated heterocycles. The van der Waals surface area contributed by atoms with Crippen LogP contribution < -0.4 is 0 Å². The molecule has 63 heavy (non-hydrogen) atoms. The second kappa shape index (κ2) is 14.1. The fourth-order valence-corrected chi connectivity index (χ4v) is 11.5. The third kappa shape index (κ3) is 5.48. The molecule has 0 radical (unpaired) electrons. The first kappa shape index (κ1) is 35.9. The quantitative estimate of drug-likeness (QED) is 0.173. The number of aromatic nitrogens is 2. The predicted molar refractivity (Wildman–Crippen MR) is 258 cm³/mol. The summed E-state index contributed by atoms with van der Waals surface area (Å²) in [6.07, 6.45) is 0. The van der Waals surface area contributed by atoms with Crippen LogP contribution in [0.1, 0.15) is 22.3 Å². The molecule has 3 heterocycles. The van der Waals surface area contributed by atoms with Crippen LogP contribution in [0.3, 0.4) is 0 Å². The summed E-state index contributed by atoms with van der Waals surface area (Å²) in [6, 6.07) is 78.4. The topological polar surface area (TPSA) is 38.9 Å². The molecule has 0 unspecified atom stereocenters. The van der Waals surface area contributed by atoms with Crippen LogP contribution in [0, 0.1) is 0 Å². The zero-order valence-corrected chi connectivity index (χ0v) is 34.8. The van der Waals surface area contributed by atoms with Crippen molar-refractivity contribution < 1.29 is 4.42 Å². The zero-order chi connectivity index (χ0) is 41.5. The standard InChI is InChI=1S/C59H36N2OS/c1-2-15-39(16-3-1)58-60-52(38-31-29-37(30-32-38)42-22-14-23-47-46-21-8-12-27-54(46)62-57(42)47)36-53(61-58)45-20-5-4-17-41(45)40-33-34-51-56(35-40)63-55-28-13-11-26-50(55)59(51)48-24-9-6-18-43(48)44-19-7-10-25-49(44)59/h1-36H. The first-order chi connectivity index (χ1) is 31.2. The largest absolute Gasteiger partial charge is 0.455 e. The van der Waals surface area contributed by atoms with Gasteiger partial charge in [0.25, 0.3) is 0 Å². The lowest BCUT2D eigenvalue weighted by atomic mass is 9.67. The van der Waals surface area contributed by atoms with Crippen molar-refractivity contribution in [1.29, 1.82) is 0 Å². The van der Waals surface area contributed by atoms with Gasteiger partial charge in [-0.25, -0.2) is 9.97 Å². The predicted octanol–water partition coefficient (Wildman–Crippen LogP) is 15.5. The maximum Gasteiger partial charge on any atom is 0.160 e. The van der Waals surface area contributed by atoms with Crippen LogP contribution in [0.25, 0.3) is 89.2 Å². The van der Waals surface area contributed by atoms with E-state index in [1.165, 1.54) is 43.2 Å². The maximum absolute atomic E-state index is 6.41. The van der Waals surface area contributed by atoms with Crippen LogP contribution in [0.2, 0.25) is 0 Å². The molecule has 0 bridgehead atoms. The van der Waals surface area contributed by atoms with Crippen LogP contribution in [0.4, 0.5) is 0 Å². The number of hydrogen-bond acceptors (Lipinski definition) is 4. The van der Waals surface area contributed by atoms with Crippen LogP contribution in [-0.2, 0) is 5.41 Å². The Kier molecular flexibility index (Phi) is 8.06. The van der Waals surface area contributed by atoms with E-state index in [9.17, 15) is 0 Å². The van der Waals surface area contributed by atoms with E-state index in [0.717, 1.165) is 72.3 Å². The summed E-state index contributed by atoms with van der Waals surface area (Å²) in [5, 5.41) is 2.25. The number of benzene rings is 9. The van der Waals surface area contributed by atoms with Crippen LogP contribution in [-0.4, -0.2) is 9.97 Å². The average Bonchev–Trinajstić information content (AvgIpc) is 3.88. The molecular weight excluding hydrogens is 785 g/mol. The second-order valence-corrected chi connectivity index (χ2v) is 17.5. The Hall–Kier alpha value is -7.79. The van der Waals surface area contributed by atoms with Crippen molar-refractivity contribution in [2.75, 3.05) is 0 Å². The van der Waals surface area contributed by atoms with E-state index in [4.69, 9.17) is 14.4 Å². The smallest absolute Gasteiger partial charge is 0.160 e. The van der Waals surface area contributed by atoms with Gasteiger partial charge in [0.05, 0.1) is 16.8 Å². The highest BCUT2D eigenvalue weighted by Crippen LogP contribution is 2.62. The SMILES string of the molecule is c1ccc(-c2nc(-c3ccc(-c4cccc5c4oc4ccccc45)cc3)cc(-c3ccccc3-c3ccc4c(c3)Sc3ccccc3C43c4ccccc4-c4ccccc43)n2)cc1. The van der Waals surface area contributed by atoms with Gasteiger partial charge >= 0.3 is 0 Å². The minimum absolute atomic E-state index is 0.414. The van der Waals surface area contributed by atoms with Gasteiger partial charge in [-0.3, -0.25) is 0 Å². The van der Waals surface area contributed by atoms with Gasteiger partial charge in [-0.15, -0.1) is 0 Å². The zero-order valence-electron chi connectivity index (χ0n) is 34.0. The number of rotatable bonds is 5. The molecule has 294 valence electrons. The number of para-hydroxylation sites is 2. The van der Waals surface area contributed by atoms with Crippen molar-refractivity contribution >= 4 is 33.7 Å². The fraction of sp³-hybridized carbons (Fsp3) is 0.0169. The van der Waals surface area contributed by atoms with Gasteiger partial charge in [-0.05, 0) is 74.3 Å². The highest BCUT2D eigenvalue weighted by Gasteiger charge is 2.50. The summed E-state index contributed by atoms with van der Waals surface area (Å²) >= 11 is 1.87. The maximum atomic E-state index is 6.41. The molecule has 0 N–H and O–H groups in total. The van der Waals surface area contributed by atoms with Gasteiger partial charge in [-0.1, -0.05) is 206 Å². The summed E-state index contributed by atoms with van der Waals surface area (Å²) in [4.78, 5) is 13.1. The second-order valence-electron chi connectivity index (χ2n) is 16.4. The van der Waals surface area contributed by atoms with Crippen LogP contribution in [0.5, 0.6) is 0 Å². The molecule has 2 aliphatic rings. The Balaban J connectivity index is 0.943. The van der Waals surface area contributed by atoms with E-state index in [-0.39, 0.29) is 0 Å². The molecule has 0 atom stereocenters. The number of nitrogens with zero attached hydrogens (tertiary/aromatic N) is 2. The fourth-order valence-electron chi connectivity index (χ4n) is 10.2. The minimum atomic E-state index is -0.414. The van der Waals surface area contributed by atoms with Crippen molar-refractivity contribution in [3.05, 3.63) is 241 Å². The van der Waals surface area contributed by atoms with Gasteiger partial charge in [-0.2, -0.15) is 0 Å². The Morgan fingerprint density at radius 1 is 0.349 bits per heavy atom. The van der Waals surface area contributed by atoms with E-state index in [2.05, 4.69) is 188 Å².